The lowest BCUT2D eigenvalue weighted by Crippen LogP contribution is -2.25. The minimum atomic E-state index is 0.851. The van der Waals surface area contributed by atoms with Crippen molar-refractivity contribution in [3.8, 4) is 11.1 Å². The molecule has 0 aliphatic carbocycles. The van der Waals surface area contributed by atoms with Crippen LogP contribution in [0, 0.1) is 11.8 Å². The van der Waals surface area contributed by atoms with E-state index in [0.29, 0.717) is 0 Å². The number of hydrogen-bond donors (Lipinski definition) is 1. The molecule has 0 aromatic heterocycles. The summed E-state index contributed by atoms with van der Waals surface area (Å²) in [7, 11) is 0. The lowest BCUT2D eigenvalue weighted by molar-refractivity contribution is 0.533. The molecule has 2 fully saturated rings. The van der Waals surface area contributed by atoms with Gasteiger partial charge < -0.3 is 10.2 Å². The lowest BCUT2D eigenvalue weighted by atomic mass is 10.0. The van der Waals surface area contributed by atoms with Crippen LogP contribution in [0.2, 0.25) is 0 Å². The van der Waals surface area contributed by atoms with Crippen LogP contribution in [0.15, 0.2) is 54.6 Å². The Morgan fingerprint density at radius 1 is 0.750 bits per heavy atom. The van der Waals surface area contributed by atoms with Crippen molar-refractivity contribution in [2.24, 2.45) is 11.8 Å². The first-order chi connectivity index (χ1) is 9.90. The van der Waals surface area contributed by atoms with Crippen LogP contribution in [0.1, 0.15) is 0 Å². The van der Waals surface area contributed by atoms with Gasteiger partial charge >= 0.3 is 0 Å². The summed E-state index contributed by atoms with van der Waals surface area (Å²) in [5, 5.41) is 3.50. The van der Waals surface area contributed by atoms with Gasteiger partial charge in [-0.1, -0.05) is 42.5 Å². The maximum atomic E-state index is 3.50. The summed E-state index contributed by atoms with van der Waals surface area (Å²) in [6.45, 7) is 4.82. The largest absolute Gasteiger partial charge is 0.371 e. The third-order valence-corrected chi connectivity index (χ3v) is 4.73. The Kier molecular flexibility index (Phi) is 2.96. The monoisotopic (exact) mass is 264 g/mol. The molecule has 0 saturated carbocycles. The number of hydrogen-bond acceptors (Lipinski definition) is 2. The van der Waals surface area contributed by atoms with Crippen molar-refractivity contribution in [3.63, 3.8) is 0 Å². The van der Waals surface area contributed by atoms with Gasteiger partial charge in [-0.2, -0.15) is 0 Å². The van der Waals surface area contributed by atoms with Crippen LogP contribution in [0.25, 0.3) is 11.1 Å². The zero-order valence-electron chi connectivity index (χ0n) is 11.6. The van der Waals surface area contributed by atoms with Crippen molar-refractivity contribution in [3.05, 3.63) is 54.6 Å². The summed E-state index contributed by atoms with van der Waals surface area (Å²) in [6.07, 6.45) is 0. The molecule has 2 heteroatoms. The number of anilines is 1. The van der Waals surface area contributed by atoms with Gasteiger partial charge in [0.15, 0.2) is 0 Å². The molecule has 0 unspecified atom stereocenters. The molecule has 2 saturated heterocycles. The Balaban J connectivity index is 1.53. The Bertz CT molecular complexity index is 564. The van der Waals surface area contributed by atoms with E-state index in [1.165, 1.54) is 43.0 Å². The Hall–Kier alpha value is -1.80. The highest BCUT2D eigenvalue weighted by Gasteiger charge is 2.35. The third kappa shape index (κ3) is 2.10. The van der Waals surface area contributed by atoms with Crippen LogP contribution in [0.3, 0.4) is 0 Å². The number of benzene rings is 2. The average molecular weight is 264 g/mol. The topological polar surface area (TPSA) is 15.3 Å². The van der Waals surface area contributed by atoms with Crippen LogP contribution in [-0.4, -0.2) is 26.2 Å². The number of rotatable bonds is 2. The Morgan fingerprint density at radius 3 is 2.00 bits per heavy atom. The maximum Gasteiger partial charge on any atom is 0.0366 e. The zero-order chi connectivity index (χ0) is 13.4. The molecule has 20 heavy (non-hydrogen) atoms. The van der Waals surface area contributed by atoms with Crippen molar-refractivity contribution in [2.75, 3.05) is 31.1 Å². The van der Waals surface area contributed by atoms with Gasteiger partial charge in [-0.15, -0.1) is 0 Å². The quantitative estimate of drug-likeness (QED) is 0.897. The predicted octanol–water partition coefficient (Wildman–Crippen LogP) is 3.01. The van der Waals surface area contributed by atoms with Crippen molar-refractivity contribution >= 4 is 5.69 Å². The van der Waals surface area contributed by atoms with E-state index < -0.39 is 0 Å². The molecular formula is C18H20N2. The van der Waals surface area contributed by atoms with E-state index in [1.807, 2.05) is 0 Å². The summed E-state index contributed by atoms with van der Waals surface area (Å²) >= 11 is 0. The molecule has 2 atom stereocenters. The van der Waals surface area contributed by atoms with Gasteiger partial charge in [0, 0.05) is 31.9 Å². The van der Waals surface area contributed by atoms with E-state index in [9.17, 15) is 0 Å². The van der Waals surface area contributed by atoms with Crippen LogP contribution < -0.4 is 10.2 Å². The summed E-state index contributed by atoms with van der Waals surface area (Å²) in [6, 6.07) is 19.6. The number of nitrogens with zero attached hydrogens (tertiary/aromatic N) is 1. The molecular weight excluding hydrogens is 244 g/mol. The van der Waals surface area contributed by atoms with Gasteiger partial charge in [0.1, 0.15) is 0 Å². The summed E-state index contributed by atoms with van der Waals surface area (Å²) in [5.41, 5.74) is 3.97. The van der Waals surface area contributed by atoms with E-state index in [4.69, 9.17) is 0 Å². The molecule has 2 aromatic carbocycles. The fourth-order valence-corrected chi connectivity index (χ4v) is 3.56. The standard InChI is InChI=1S/C18H20N2/c1-2-4-14(5-3-1)15-6-8-18(9-7-15)20-12-16-10-19-11-17(16)13-20/h1-9,16-17,19H,10-13H2/t16-,17+. The van der Waals surface area contributed by atoms with Crippen LogP contribution in [0.4, 0.5) is 5.69 Å². The van der Waals surface area contributed by atoms with Gasteiger partial charge in [-0.05, 0) is 35.1 Å². The minimum absolute atomic E-state index is 0.851. The highest BCUT2D eigenvalue weighted by Crippen LogP contribution is 2.31. The summed E-state index contributed by atoms with van der Waals surface area (Å²) in [4.78, 5) is 2.55. The van der Waals surface area contributed by atoms with Gasteiger partial charge in [0.2, 0.25) is 0 Å². The molecule has 1 N–H and O–H groups in total. The first-order valence-corrected chi connectivity index (χ1v) is 7.51. The first kappa shape index (κ1) is 12.0. The van der Waals surface area contributed by atoms with Gasteiger partial charge in [0.25, 0.3) is 0 Å². The van der Waals surface area contributed by atoms with Crippen LogP contribution >= 0.6 is 0 Å². The molecule has 2 aliphatic heterocycles. The highest BCUT2D eigenvalue weighted by atomic mass is 15.2. The molecule has 2 nitrogen and oxygen atoms in total. The van der Waals surface area contributed by atoms with Crippen molar-refractivity contribution in [1.82, 2.24) is 5.32 Å². The smallest absolute Gasteiger partial charge is 0.0366 e. The second kappa shape index (κ2) is 4.95. The minimum Gasteiger partial charge on any atom is -0.371 e. The normalized spacial score (nSPS) is 24.9. The highest BCUT2D eigenvalue weighted by molar-refractivity contribution is 5.66. The van der Waals surface area contributed by atoms with E-state index >= 15 is 0 Å². The lowest BCUT2D eigenvalue weighted by Gasteiger charge is -2.20. The fraction of sp³-hybridized carbons (Fsp3) is 0.333. The van der Waals surface area contributed by atoms with E-state index in [2.05, 4.69) is 64.8 Å². The molecule has 0 bridgehead atoms. The second-order valence-corrected chi connectivity index (χ2v) is 6.00. The molecule has 2 aromatic rings. The van der Waals surface area contributed by atoms with Crippen molar-refractivity contribution in [2.45, 2.75) is 0 Å². The molecule has 0 spiro atoms. The summed E-state index contributed by atoms with van der Waals surface area (Å²) < 4.78 is 0. The maximum absolute atomic E-state index is 3.50. The molecule has 0 radical (unpaired) electrons. The fourth-order valence-electron chi connectivity index (χ4n) is 3.56. The van der Waals surface area contributed by atoms with Gasteiger partial charge in [-0.25, -0.2) is 0 Å². The van der Waals surface area contributed by atoms with Crippen LogP contribution in [0.5, 0.6) is 0 Å². The number of fused-ring (bicyclic) bond motifs is 1. The first-order valence-electron chi connectivity index (χ1n) is 7.51. The van der Waals surface area contributed by atoms with Crippen molar-refractivity contribution in [1.29, 1.82) is 0 Å². The second-order valence-electron chi connectivity index (χ2n) is 6.00. The molecule has 4 rings (SSSR count). The third-order valence-electron chi connectivity index (χ3n) is 4.73. The zero-order valence-corrected chi connectivity index (χ0v) is 11.6. The predicted molar refractivity (Wildman–Crippen MR) is 83.9 cm³/mol. The SMILES string of the molecule is c1ccc(-c2ccc(N3C[C@H]4CNC[C@H]4C3)cc2)cc1. The molecule has 2 heterocycles. The van der Waals surface area contributed by atoms with Gasteiger partial charge in [0.05, 0.1) is 0 Å². The molecule has 2 aliphatic rings. The number of nitrogens with one attached hydrogen (secondary N) is 1. The van der Waals surface area contributed by atoms with Gasteiger partial charge in [-0.3, -0.25) is 0 Å². The molecule has 102 valence electrons. The Morgan fingerprint density at radius 2 is 1.35 bits per heavy atom. The van der Waals surface area contributed by atoms with E-state index in [0.717, 1.165) is 11.8 Å². The van der Waals surface area contributed by atoms with Crippen LogP contribution in [-0.2, 0) is 0 Å². The van der Waals surface area contributed by atoms with E-state index in [1.54, 1.807) is 0 Å². The average Bonchev–Trinajstić information content (AvgIpc) is 3.10. The van der Waals surface area contributed by atoms with E-state index in [-0.39, 0.29) is 0 Å². The van der Waals surface area contributed by atoms with Crippen molar-refractivity contribution < 1.29 is 0 Å². The Labute approximate surface area is 120 Å². The molecule has 0 amide bonds. The summed E-state index contributed by atoms with van der Waals surface area (Å²) in [5.74, 6) is 1.70.